The molecule has 110 valence electrons. The second-order valence-corrected chi connectivity index (χ2v) is 5.41. The summed E-state index contributed by atoms with van der Waals surface area (Å²) in [4.78, 5) is 24.2. The highest BCUT2D eigenvalue weighted by molar-refractivity contribution is 7.13. The zero-order valence-corrected chi connectivity index (χ0v) is 12.4. The number of carbonyl (C=O) groups is 1. The SMILES string of the molecule is Nc1ccccc1-c1nc(CC(=O)Nc2ccncn2)cs1. The predicted octanol–water partition coefficient (Wildman–Crippen LogP) is 2.36. The van der Waals surface area contributed by atoms with Crippen LogP contribution in [0.3, 0.4) is 0 Å². The molecule has 0 aliphatic carbocycles. The molecule has 0 atom stereocenters. The summed E-state index contributed by atoms with van der Waals surface area (Å²) in [6, 6.07) is 9.17. The summed E-state index contributed by atoms with van der Waals surface area (Å²) in [6.07, 6.45) is 3.14. The molecule has 0 fully saturated rings. The topological polar surface area (TPSA) is 93.8 Å². The van der Waals surface area contributed by atoms with Gasteiger partial charge in [0.25, 0.3) is 0 Å². The van der Waals surface area contributed by atoms with Gasteiger partial charge in [0, 0.05) is 22.8 Å². The Balaban J connectivity index is 1.70. The van der Waals surface area contributed by atoms with Crippen LogP contribution in [0.15, 0.2) is 48.2 Å². The van der Waals surface area contributed by atoms with E-state index in [1.807, 2.05) is 29.6 Å². The van der Waals surface area contributed by atoms with Crippen LogP contribution in [0.25, 0.3) is 10.6 Å². The van der Waals surface area contributed by atoms with Crippen LogP contribution in [0.1, 0.15) is 5.69 Å². The van der Waals surface area contributed by atoms with Gasteiger partial charge < -0.3 is 11.1 Å². The number of nitrogens with two attached hydrogens (primary N) is 1. The Morgan fingerprint density at radius 2 is 2.14 bits per heavy atom. The van der Waals surface area contributed by atoms with Crippen molar-refractivity contribution in [2.75, 3.05) is 11.1 Å². The van der Waals surface area contributed by atoms with Gasteiger partial charge in [-0.1, -0.05) is 12.1 Å². The molecule has 3 rings (SSSR count). The first-order valence-electron chi connectivity index (χ1n) is 6.57. The minimum absolute atomic E-state index is 0.170. The molecule has 1 amide bonds. The first kappa shape index (κ1) is 14.2. The maximum atomic E-state index is 12.0. The van der Waals surface area contributed by atoms with Crippen LogP contribution in [-0.2, 0) is 11.2 Å². The van der Waals surface area contributed by atoms with Gasteiger partial charge >= 0.3 is 0 Å². The number of carbonyl (C=O) groups excluding carboxylic acids is 1. The number of rotatable bonds is 4. The third-order valence-corrected chi connectivity index (χ3v) is 3.86. The van der Waals surface area contributed by atoms with Crippen molar-refractivity contribution in [3.05, 3.63) is 53.9 Å². The smallest absolute Gasteiger partial charge is 0.231 e. The first-order chi connectivity index (χ1) is 10.7. The van der Waals surface area contributed by atoms with Crippen molar-refractivity contribution in [2.45, 2.75) is 6.42 Å². The van der Waals surface area contributed by atoms with Crippen LogP contribution in [0.5, 0.6) is 0 Å². The van der Waals surface area contributed by atoms with E-state index in [2.05, 4.69) is 20.3 Å². The van der Waals surface area contributed by atoms with Gasteiger partial charge in [-0.05, 0) is 18.2 Å². The van der Waals surface area contributed by atoms with Gasteiger partial charge in [0.05, 0.1) is 12.1 Å². The summed E-state index contributed by atoms with van der Waals surface area (Å²) in [5.41, 5.74) is 8.20. The Hall–Kier alpha value is -2.80. The van der Waals surface area contributed by atoms with E-state index < -0.39 is 0 Å². The van der Waals surface area contributed by atoms with Gasteiger partial charge in [-0.15, -0.1) is 11.3 Å². The number of thiazole rings is 1. The summed E-state index contributed by atoms with van der Waals surface area (Å²) in [7, 11) is 0. The highest BCUT2D eigenvalue weighted by Gasteiger charge is 2.11. The number of anilines is 2. The van der Waals surface area contributed by atoms with E-state index in [0.717, 1.165) is 10.6 Å². The van der Waals surface area contributed by atoms with Gasteiger partial charge in [-0.25, -0.2) is 15.0 Å². The van der Waals surface area contributed by atoms with Gasteiger partial charge in [0.15, 0.2) is 0 Å². The largest absolute Gasteiger partial charge is 0.398 e. The molecule has 22 heavy (non-hydrogen) atoms. The van der Waals surface area contributed by atoms with Gasteiger partial charge in [0.2, 0.25) is 5.91 Å². The second kappa shape index (κ2) is 6.31. The number of nitrogens with one attached hydrogen (secondary N) is 1. The maximum Gasteiger partial charge on any atom is 0.231 e. The van der Waals surface area contributed by atoms with E-state index in [4.69, 9.17) is 5.73 Å². The molecule has 0 unspecified atom stereocenters. The van der Waals surface area contributed by atoms with E-state index in [1.54, 1.807) is 12.3 Å². The molecule has 2 aromatic heterocycles. The number of nitrogens with zero attached hydrogens (tertiary/aromatic N) is 3. The molecule has 0 spiro atoms. The van der Waals surface area contributed by atoms with Crippen molar-refractivity contribution in [3.63, 3.8) is 0 Å². The van der Waals surface area contributed by atoms with Crippen molar-refractivity contribution < 1.29 is 4.79 Å². The van der Waals surface area contributed by atoms with E-state index >= 15 is 0 Å². The molecule has 0 bridgehead atoms. The summed E-state index contributed by atoms with van der Waals surface area (Å²) in [6.45, 7) is 0. The third kappa shape index (κ3) is 3.26. The van der Waals surface area contributed by atoms with Crippen molar-refractivity contribution in [3.8, 4) is 10.6 Å². The Morgan fingerprint density at radius 3 is 2.91 bits per heavy atom. The van der Waals surface area contributed by atoms with Crippen molar-refractivity contribution in [2.24, 2.45) is 0 Å². The quantitative estimate of drug-likeness (QED) is 0.721. The van der Waals surface area contributed by atoms with Crippen LogP contribution in [0, 0.1) is 0 Å². The molecule has 6 nitrogen and oxygen atoms in total. The number of amides is 1. The highest BCUT2D eigenvalue weighted by Crippen LogP contribution is 2.28. The predicted molar refractivity (Wildman–Crippen MR) is 86.3 cm³/mol. The van der Waals surface area contributed by atoms with E-state index in [-0.39, 0.29) is 12.3 Å². The van der Waals surface area contributed by atoms with Gasteiger partial charge in [-0.2, -0.15) is 0 Å². The molecule has 0 aliphatic rings. The standard InChI is InChI=1S/C15H13N5OS/c16-12-4-2-1-3-11(12)15-19-10(8-22-15)7-14(21)20-13-5-6-17-9-18-13/h1-6,8-9H,7,16H2,(H,17,18,20,21). The highest BCUT2D eigenvalue weighted by atomic mass is 32.1. The average Bonchev–Trinajstić information content (AvgIpc) is 2.97. The normalized spacial score (nSPS) is 10.4. The van der Waals surface area contributed by atoms with E-state index in [1.165, 1.54) is 17.7 Å². The first-order valence-corrected chi connectivity index (χ1v) is 7.45. The molecule has 3 N–H and O–H groups in total. The third-order valence-electron chi connectivity index (χ3n) is 2.93. The lowest BCUT2D eigenvalue weighted by atomic mass is 10.2. The fourth-order valence-corrected chi connectivity index (χ4v) is 2.79. The summed E-state index contributed by atoms with van der Waals surface area (Å²) in [5, 5.41) is 5.37. The monoisotopic (exact) mass is 311 g/mol. The fraction of sp³-hybridized carbons (Fsp3) is 0.0667. The van der Waals surface area contributed by atoms with Crippen LogP contribution >= 0.6 is 11.3 Å². The Bertz CT molecular complexity index is 787. The number of para-hydroxylation sites is 1. The Kier molecular flexibility index (Phi) is 4.06. The minimum atomic E-state index is -0.170. The van der Waals surface area contributed by atoms with Crippen LogP contribution in [0.2, 0.25) is 0 Å². The van der Waals surface area contributed by atoms with Crippen molar-refractivity contribution in [1.82, 2.24) is 15.0 Å². The molecule has 0 radical (unpaired) electrons. The molecule has 0 saturated carbocycles. The zero-order chi connectivity index (χ0) is 15.4. The van der Waals surface area contributed by atoms with Crippen LogP contribution in [-0.4, -0.2) is 20.9 Å². The van der Waals surface area contributed by atoms with Gasteiger partial charge in [0.1, 0.15) is 17.2 Å². The fourth-order valence-electron chi connectivity index (χ4n) is 1.92. The molecule has 1 aromatic carbocycles. The van der Waals surface area contributed by atoms with Crippen molar-refractivity contribution in [1.29, 1.82) is 0 Å². The summed E-state index contributed by atoms with van der Waals surface area (Å²) >= 11 is 1.47. The van der Waals surface area contributed by atoms with E-state index in [0.29, 0.717) is 17.2 Å². The Labute approximate surface area is 131 Å². The number of hydrogen-bond acceptors (Lipinski definition) is 6. The molecule has 0 aliphatic heterocycles. The molecular formula is C15H13N5OS. The molecule has 3 aromatic rings. The number of hydrogen-bond donors (Lipinski definition) is 2. The lowest BCUT2D eigenvalue weighted by molar-refractivity contribution is -0.115. The average molecular weight is 311 g/mol. The lowest BCUT2D eigenvalue weighted by Gasteiger charge is -2.02. The molecule has 2 heterocycles. The van der Waals surface area contributed by atoms with Crippen LogP contribution < -0.4 is 11.1 Å². The summed E-state index contributed by atoms with van der Waals surface area (Å²) in [5.74, 6) is 0.305. The van der Waals surface area contributed by atoms with Gasteiger partial charge in [-0.3, -0.25) is 4.79 Å². The molecule has 7 heteroatoms. The lowest BCUT2D eigenvalue weighted by Crippen LogP contribution is -2.15. The van der Waals surface area contributed by atoms with E-state index in [9.17, 15) is 4.79 Å². The van der Waals surface area contributed by atoms with Crippen molar-refractivity contribution >= 4 is 28.7 Å². The number of nitrogen functional groups attached to an aromatic ring is 1. The minimum Gasteiger partial charge on any atom is -0.398 e. The second-order valence-electron chi connectivity index (χ2n) is 4.55. The maximum absolute atomic E-state index is 12.0. The Morgan fingerprint density at radius 1 is 1.27 bits per heavy atom. The number of benzene rings is 1. The van der Waals surface area contributed by atoms with Crippen LogP contribution in [0.4, 0.5) is 11.5 Å². The summed E-state index contributed by atoms with van der Waals surface area (Å²) < 4.78 is 0. The molecule has 0 saturated heterocycles. The molecular weight excluding hydrogens is 298 g/mol. The zero-order valence-electron chi connectivity index (χ0n) is 11.6. The number of aromatic nitrogens is 3.